The third kappa shape index (κ3) is 4.43. The van der Waals surface area contributed by atoms with Gasteiger partial charge in [0.05, 0.1) is 24.1 Å². The van der Waals surface area contributed by atoms with Crippen LogP contribution >= 0.6 is 0 Å². The van der Waals surface area contributed by atoms with Gasteiger partial charge in [0.15, 0.2) is 20.7 Å². The number of aliphatic hydroxyl groups is 1. The number of anilines is 1. The van der Waals surface area contributed by atoms with Crippen molar-refractivity contribution >= 4 is 27.5 Å². The number of likely N-dealkylation sites (tertiary alicyclic amines) is 1. The first-order chi connectivity index (χ1) is 16.6. The first kappa shape index (κ1) is 23.8. The second-order valence-electron chi connectivity index (χ2n) is 9.84. The molecule has 1 unspecified atom stereocenters. The molecule has 2 aromatic rings. The van der Waals surface area contributed by atoms with Crippen molar-refractivity contribution in [1.29, 1.82) is 0 Å². The van der Waals surface area contributed by atoms with Gasteiger partial charge in [-0.15, -0.1) is 0 Å². The molecule has 1 amide bonds. The van der Waals surface area contributed by atoms with Gasteiger partial charge in [0.25, 0.3) is 0 Å². The minimum Gasteiger partial charge on any atom is -0.457 e. The van der Waals surface area contributed by atoms with Crippen molar-refractivity contribution in [2.24, 2.45) is 5.41 Å². The van der Waals surface area contributed by atoms with E-state index in [1.54, 1.807) is 17.0 Å². The van der Waals surface area contributed by atoms with Crippen LogP contribution in [0.3, 0.4) is 0 Å². The summed E-state index contributed by atoms with van der Waals surface area (Å²) in [6.07, 6.45) is 4.95. The molecule has 2 fully saturated rings. The van der Waals surface area contributed by atoms with Crippen LogP contribution in [0.1, 0.15) is 52.4 Å². The number of β-amino-alcohol motifs (C(OH)–C–C–N with tert-alkyl or cyclic N) is 1. The smallest absolute Gasteiger partial charge is 0.338 e. The van der Waals surface area contributed by atoms with Crippen molar-refractivity contribution in [3.8, 4) is 0 Å². The standard InChI is InChI=1S/C24H28N4O6S/c1-15-16(3-4-17-18(15)13-34-23(17)31)19(29)12-27-7-5-24(6-8-27)9-22(30)28(14-24)20-10-26-21(11-25-20)35(2,32)33/h3-4,10-11,19,29H,5-9,12-14H2,1-2H3. The lowest BCUT2D eigenvalue weighted by molar-refractivity contribution is -0.118. The lowest BCUT2D eigenvalue weighted by Gasteiger charge is -2.39. The number of nitrogens with zero attached hydrogens (tertiary/aromatic N) is 4. The number of aromatic nitrogens is 2. The molecule has 11 heteroatoms. The Morgan fingerprint density at radius 3 is 2.57 bits per heavy atom. The van der Waals surface area contributed by atoms with E-state index in [2.05, 4.69) is 14.9 Å². The van der Waals surface area contributed by atoms with Crippen molar-refractivity contribution in [3.05, 3.63) is 46.8 Å². The molecule has 4 heterocycles. The Kier molecular flexibility index (Phi) is 5.89. The summed E-state index contributed by atoms with van der Waals surface area (Å²) < 4.78 is 28.4. The summed E-state index contributed by atoms with van der Waals surface area (Å²) >= 11 is 0. The van der Waals surface area contributed by atoms with Crippen molar-refractivity contribution in [2.45, 2.75) is 43.9 Å². The van der Waals surface area contributed by atoms with Crippen LogP contribution in [0.2, 0.25) is 0 Å². The van der Waals surface area contributed by atoms with Gasteiger partial charge in [0, 0.05) is 31.3 Å². The average Bonchev–Trinajstić information content (AvgIpc) is 3.35. The van der Waals surface area contributed by atoms with Crippen LogP contribution in [0.4, 0.5) is 5.82 Å². The largest absolute Gasteiger partial charge is 0.457 e. The van der Waals surface area contributed by atoms with Crippen LogP contribution in [0.15, 0.2) is 29.6 Å². The van der Waals surface area contributed by atoms with Crippen LogP contribution in [-0.4, -0.2) is 72.7 Å². The molecule has 2 saturated heterocycles. The molecule has 35 heavy (non-hydrogen) atoms. The van der Waals surface area contributed by atoms with E-state index < -0.39 is 15.9 Å². The van der Waals surface area contributed by atoms with E-state index in [1.165, 1.54) is 12.4 Å². The zero-order chi connectivity index (χ0) is 25.0. The van der Waals surface area contributed by atoms with Gasteiger partial charge in [-0.1, -0.05) is 6.07 Å². The maximum absolute atomic E-state index is 12.8. The first-order valence-corrected chi connectivity index (χ1v) is 13.5. The minimum atomic E-state index is -3.45. The monoisotopic (exact) mass is 500 g/mol. The average molecular weight is 501 g/mol. The molecule has 10 nitrogen and oxygen atoms in total. The lowest BCUT2D eigenvalue weighted by Crippen LogP contribution is -2.43. The Labute approximate surface area is 203 Å². The highest BCUT2D eigenvalue weighted by Crippen LogP contribution is 2.42. The number of aliphatic hydroxyl groups excluding tert-OH is 1. The zero-order valence-corrected chi connectivity index (χ0v) is 20.5. The number of amides is 1. The molecule has 3 aliphatic heterocycles. The molecule has 3 aliphatic rings. The molecule has 1 spiro atoms. The quantitative estimate of drug-likeness (QED) is 0.606. The third-order valence-corrected chi connectivity index (χ3v) is 8.48. The number of hydrogen-bond donors (Lipinski definition) is 1. The molecular weight excluding hydrogens is 472 g/mol. The van der Waals surface area contributed by atoms with Crippen LogP contribution in [0, 0.1) is 12.3 Å². The van der Waals surface area contributed by atoms with E-state index in [-0.39, 0.29) is 28.9 Å². The summed E-state index contributed by atoms with van der Waals surface area (Å²) in [7, 11) is -3.45. The number of piperidine rings is 1. The fraction of sp³-hybridized carbons (Fsp3) is 0.500. The predicted octanol–water partition coefficient (Wildman–Crippen LogP) is 1.41. The lowest BCUT2D eigenvalue weighted by atomic mass is 9.77. The Bertz CT molecular complexity index is 1290. The third-order valence-electron chi connectivity index (χ3n) is 7.51. The summed E-state index contributed by atoms with van der Waals surface area (Å²) in [5.74, 6) is 0.0139. The zero-order valence-electron chi connectivity index (χ0n) is 19.7. The van der Waals surface area contributed by atoms with E-state index in [1.807, 2.05) is 6.92 Å². The number of benzene rings is 1. The molecule has 0 saturated carbocycles. The second kappa shape index (κ2) is 8.65. The van der Waals surface area contributed by atoms with Crippen molar-refractivity contribution in [1.82, 2.24) is 14.9 Å². The van der Waals surface area contributed by atoms with E-state index in [9.17, 15) is 23.1 Å². The van der Waals surface area contributed by atoms with Crippen LogP contribution in [-0.2, 0) is 26.0 Å². The number of esters is 1. The van der Waals surface area contributed by atoms with Gasteiger partial charge >= 0.3 is 5.97 Å². The topological polar surface area (TPSA) is 130 Å². The normalized spacial score (nSPS) is 20.8. The summed E-state index contributed by atoms with van der Waals surface area (Å²) in [6.45, 7) is 4.66. The summed E-state index contributed by atoms with van der Waals surface area (Å²) in [4.78, 5) is 36.5. The van der Waals surface area contributed by atoms with Crippen LogP contribution in [0.25, 0.3) is 0 Å². The Morgan fingerprint density at radius 1 is 1.17 bits per heavy atom. The van der Waals surface area contributed by atoms with Gasteiger partial charge in [-0.25, -0.2) is 23.2 Å². The number of hydrogen-bond acceptors (Lipinski definition) is 9. The molecule has 1 aromatic carbocycles. The molecule has 1 N–H and O–H groups in total. The number of sulfone groups is 1. The molecule has 1 aromatic heterocycles. The van der Waals surface area contributed by atoms with Gasteiger partial charge in [-0.3, -0.25) is 9.69 Å². The number of carbonyl (C=O) groups is 2. The number of cyclic esters (lactones) is 1. The molecular formula is C24H28N4O6S. The Hall–Kier alpha value is -2.89. The molecule has 0 bridgehead atoms. The molecule has 5 rings (SSSR count). The SMILES string of the molecule is Cc1c(C(O)CN2CCC3(CC2)CC(=O)N(c2cnc(S(C)(=O)=O)cn2)C3)ccc2c1COC2=O. The molecule has 0 radical (unpaired) electrons. The number of fused-ring (bicyclic) bond motifs is 1. The summed E-state index contributed by atoms with van der Waals surface area (Å²) in [5, 5.41) is 10.8. The minimum absolute atomic E-state index is 0.0366. The Morgan fingerprint density at radius 2 is 1.91 bits per heavy atom. The van der Waals surface area contributed by atoms with E-state index >= 15 is 0 Å². The van der Waals surface area contributed by atoms with Crippen molar-refractivity contribution in [2.75, 3.05) is 37.3 Å². The van der Waals surface area contributed by atoms with E-state index in [4.69, 9.17) is 4.74 Å². The van der Waals surface area contributed by atoms with E-state index in [0.717, 1.165) is 48.9 Å². The first-order valence-electron chi connectivity index (χ1n) is 11.6. The van der Waals surface area contributed by atoms with Gasteiger partial charge in [-0.05, 0) is 55.5 Å². The Balaban J connectivity index is 1.21. The fourth-order valence-electron chi connectivity index (χ4n) is 5.36. The maximum Gasteiger partial charge on any atom is 0.338 e. The van der Waals surface area contributed by atoms with Crippen LogP contribution < -0.4 is 4.90 Å². The summed E-state index contributed by atoms with van der Waals surface area (Å²) in [5.41, 5.74) is 2.96. The van der Waals surface area contributed by atoms with Gasteiger partial charge in [0.1, 0.15) is 6.61 Å². The molecule has 0 aliphatic carbocycles. The molecule has 1 atom stereocenters. The van der Waals surface area contributed by atoms with Crippen molar-refractivity contribution < 1.29 is 27.9 Å². The van der Waals surface area contributed by atoms with E-state index in [0.29, 0.717) is 30.9 Å². The van der Waals surface area contributed by atoms with Gasteiger partial charge in [-0.2, -0.15) is 0 Å². The number of carbonyl (C=O) groups excluding carboxylic acids is 2. The van der Waals surface area contributed by atoms with Crippen molar-refractivity contribution in [3.63, 3.8) is 0 Å². The second-order valence-corrected chi connectivity index (χ2v) is 11.8. The fourth-order valence-corrected chi connectivity index (χ4v) is 5.85. The highest BCUT2D eigenvalue weighted by molar-refractivity contribution is 7.90. The number of ether oxygens (including phenoxy) is 1. The predicted molar refractivity (Wildman–Crippen MR) is 125 cm³/mol. The van der Waals surface area contributed by atoms with Gasteiger partial charge in [0.2, 0.25) is 5.91 Å². The highest BCUT2D eigenvalue weighted by atomic mass is 32.2. The van der Waals surface area contributed by atoms with Crippen LogP contribution in [0.5, 0.6) is 0 Å². The molecule has 186 valence electrons. The summed E-state index contributed by atoms with van der Waals surface area (Å²) in [6, 6.07) is 3.53. The highest BCUT2D eigenvalue weighted by Gasteiger charge is 2.46. The maximum atomic E-state index is 12.8. The number of rotatable bonds is 5. The van der Waals surface area contributed by atoms with Gasteiger partial charge < -0.3 is 14.7 Å².